The van der Waals surface area contributed by atoms with Gasteiger partial charge in [0, 0.05) is 6.54 Å². The molecule has 0 aromatic rings. The van der Waals surface area contributed by atoms with Crippen LogP contribution < -0.4 is 0 Å². The number of hydrogen-bond donors (Lipinski definition) is 0. The van der Waals surface area contributed by atoms with E-state index in [0.29, 0.717) is 0 Å². The molecule has 0 N–H and O–H groups in total. The molecule has 0 bridgehead atoms. The number of hydrogen-bond acceptors (Lipinski definition) is 1. The Balaban J connectivity index is 3.64. The van der Waals surface area contributed by atoms with Gasteiger partial charge in [-0.3, -0.25) is 0 Å². The van der Waals surface area contributed by atoms with Crippen molar-refractivity contribution in [3.8, 4) is 0 Å². The Bertz CT molecular complexity index is 130. The standard InChI is InChI=1S/C16H34N/c1-5-7-9-11-13-17(15-16(3)4)14-12-10-8-6-2/h5-15H2,1-4H3. The molecule has 0 amide bonds. The summed E-state index contributed by atoms with van der Waals surface area (Å²) in [7, 11) is 0. The van der Waals surface area contributed by atoms with Crippen LogP contribution in [0.2, 0.25) is 0 Å². The molecule has 0 saturated heterocycles. The number of nitrogens with zero attached hydrogens (tertiary/aromatic N) is 1. The zero-order valence-corrected chi connectivity index (χ0v) is 12.7. The van der Waals surface area contributed by atoms with Gasteiger partial charge >= 0.3 is 0 Å². The Morgan fingerprint density at radius 2 is 1.18 bits per heavy atom. The van der Waals surface area contributed by atoms with E-state index in [9.17, 15) is 0 Å². The van der Waals surface area contributed by atoms with E-state index in [0.717, 1.165) is 0 Å². The molecule has 0 aliphatic heterocycles. The molecule has 0 atom stereocenters. The topological polar surface area (TPSA) is 3.24 Å². The SMILES string of the molecule is CCCCCCN(CCCCCC)C[C](C)C. The summed E-state index contributed by atoms with van der Waals surface area (Å²) in [6.45, 7) is 12.9. The summed E-state index contributed by atoms with van der Waals surface area (Å²) in [6, 6.07) is 0. The number of rotatable bonds is 12. The first-order chi connectivity index (χ1) is 8.20. The molecule has 1 nitrogen and oxygen atoms in total. The third-order valence-electron chi connectivity index (χ3n) is 3.20. The first kappa shape index (κ1) is 17.0. The summed E-state index contributed by atoms with van der Waals surface area (Å²) in [4.78, 5) is 2.65. The van der Waals surface area contributed by atoms with Gasteiger partial charge < -0.3 is 4.90 Å². The van der Waals surface area contributed by atoms with E-state index in [1.807, 2.05) is 0 Å². The molecule has 0 fully saturated rings. The van der Waals surface area contributed by atoms with E-state index in [-0.39, 0.29) is 0 Å². The third-order valence-corrected chi connectivity index (χ3v) is 3.20. The van der Waals surface area contributed by atoms with Gasteiger partial charge in [0.1, 0.15) is 0 Å². The molecule has 0 heterocycles. The van der Waals surface area contributed by atoms with Crippen molar-refractivity contribution in [2.45, 2.75) is 79.1 Å². The largest absolute Gasteiger partial charge is 0.303 e. The molecule has 0 aliphatic carbocycles. The van der Waals surface area contributed by atoms with Gasteiger partial charge in [-0.15, -0.1) is 0 Å². The van der Waals surface area contributed by atoms with E-state index < -0.39 is 0 Å². The number of unbranched alkanes of at least 4 members (excludes halogenated alkanes) is 6. The van der Waals surface area contributed by atoms with E-state index >= 15 is 0 Å². The molecule has 103 valence electrons. The van der Waals surface area contributed by atoms with Crippen LogP contribution in [0, 0.1) is 5.92 Å². The quantitative estimate of drug-likeness (QED) is 0.431. The van der Waals surface area contributed by atoms with Gasteiger partial charge in [-0.25, -0.2) is 0 Å². The minimum absolute atomic E-state index is 1.21. The minimum atomic E-state index is 1.21. The van der Waals surface area contributed by atoms with Gasteiger partial charge in [0.15, 0.2) is 0 Å². The highest BCUT2D eigenvalue weighted by Crippen LogP contribution is 2.08. The molecule has 0 rings (SSSR count). The summed E-state index contributed by atoms with van der Waals surface area (Å²) in [5.41, 5.74) is 0. The lowest BCUT2D eigenvalue weighted by atomic mass is 10.1. The minimum Gasteiger partial charge on any atom is -0.303 e. The Morgan fingerprint density at radius 3 is 1.53 bits per heavy atom. The molecular formula is C16H34N. The first-order valence-corrected chi connectivity index (χ1v) is 7.72. The maximum atomic E-state index is 2.65. The summed E-state index contributed by atoms with van der Waals surface area (Å²) in [5.74, 6) is 1.55. The Hall–Kier alpha value is -0.0400. The monoisotopic (exact) mass is 240 g/mol. The van der Waals surface area contributed by atoms with Gasteiger partial charge in [-0.2, -0.15) is 0 Å². The van der Waals surface area contributed by atoms with Gasteiger partial charge in [-0.05, 0) is 31.8 Å². The first-order valence-electron chi connectivity index (χ1n) is 7.72. The van der Waals surface area contributed by atoms with E-state index in [2.05, 4.69) is 32.6 Å². The molecule has 1 heteroatoms. The van der Waals surface area contributed by atoms with Crippen LogP contribution in [0.3, 0.4) is 0 Å². The molecule has 0 aromatic heterocycles. The van der Waals surface area contributed by atoms with Crippen molar-refractivity contribution in [1.82, 2.24) is 4.90 Å². The van der Waals surface area contributed by atoms with Crippen molar-refractivity contribution in [3.05, 3.63) is 5.92 Å². The van der Waals surface area contributed by atoms with E-state index in [1.165, 1.54) is 71.0 Å². The molecular weight excluding hydrogens is 206 g/mol. The second-order valence-electron chi connectivity index (χ2n) is 5.60. The average molecular weight is 240 g/mol. The highest BCUT2D eigenvalue weighted by Gasteiger charge is 2.06. The summed E-state index contributed by atoms with van der Waals surface area (Å²) in [5, 5.41) is 0. The Labute approximate surface area is 110 Å². The molecule has 17 heavy (non-hydrogen) atoms. The molecule has 0 aliphatic rings. The maximum absolute atomic E-state index is 2.65. The van der Waals surface area contributed by atoms with E-state index in [4.69, 9.17) is 0 Å². The fourth-order valence-corrected chi connectivity index (χ4v) is 2.24. The summed E-state index contributed by atoms with van der Waals surface area (Å²) >= 11 is 0. The highest BCUT2D eigenvalue weighted by molar-refractivity contribution is 4.81. The van der Waals surface area contributed by atoms with Crippen molar-refractivity contribution >= 4 is 0 Å². The van der Waals surface area contributed by atoms with Crippen LogP contribution in [0.15, 0.2) is 0 Å². The average Bonchev–Trinajstić information content (AvgIpc) is 2.29. The second kappa shape index (κ2) is 12.4. The van der Waals surface area contributed by atoms with Crippen molar-refractivity contribution in [3.63, 3.8) is 0 Å². The molecule has 0 saturated carbocycles. The predicted molar refractivity (Wildman–Crippen MR) is 79.3 cm³/mol. The van der Waals surface area contributed by atoms with Crippen molar-refractivity contribution in [1.29, 1.82) is 0 Å². The molecule has 0 unspecified atom stereocenters. The van der Waals surface area contributed by atoms with Gasteiger partial charge in [0.05, 0.1) is 0 Å². The van der Waals surface area contributed by atoms with Crippen molar-refractivity contribution < 1.29 is 0 Å². The Kier molecular flexibility index (Phi) is 12.4. The van der Waals surface area contributed by atoms with Gasteiger partial charge in [-0.1, -0.05) is 66.2 Å². The van der Waals surface area contributed by atoms with Crippen LogP contribution in [0.5, 0.6) is 0 Å². The van der Waals surface area contributed by atoms with Gasteiger partial charge in [0.2, 0.25) is 0 Å². The lowest BCUT2D eigenvalue weighted by Gasteiger charge is -2.24. The Morgan fingerprint density at radius 1 is 0.706 bits per heavy atom. The highest BCUT2D eigenvalue weighted by atomic mass is 15.1. The van der Waals surface area contributed by atoms with E-state index in [1.54, 1.807) is 5.92 Å². The smallest absolute Gasteiger partial charge is 0.00383 e. The second-order valence-corrected chi connectivity index (χ2v) is 5.60. The maximum Gasteiger partial charge on any atom is 0.00383 e. The lowest BCUT2D eigenvalue weighted by molar-refractivity contribution is 0.270. The normalized spacial score (nSPS) is 11.6. The molecule has 0 aromatic carbocycles. The molecule has 1 radical (unpaired) electrons. The van der Waals surface area contributed by atoms with Crippen LogP contribution in [-0.2, 0) is 0 Å². The fraction of sp³-hybridized carbons (Fsp3) is 0.938. The van der Waals surface area contributed by atoms with Crippen molar-refractivity contribution in [2.75, 3.05) is 19.6 Å². The zero-order valence-electron chi connectivity index (χ0n) is 12.7. The van der Waals surface area contributed by atoms with Gasteiger partial charge in [0.25, 0.3) is 0 Å². The fourth-order valence-electron chi connectivity index (χ4n) is 2.24. The van der Waals surface area contributed by atoms with Crippen LogP contribution >= 0.6 is 0 Å². The zero-order chi connectivity index (χ0) is 12.9. The lowest BCUT2D eigenvalue weighted by Crippen LogP contribution is -2.29. The van der Waals surface area contributed by atoms with Crippen LogP contribution in [0.25, 0.3) is 0 Å². The van der Waals surface area contributed by atoms with Crippen LogP contribution in [0.1, 0.15) is 79.1 Å². The molecule has 0 spiro atoms. The van der Waals surface area contributed by atoms with Crippen LogP contribution in [-0.4, -0.2) is 24.5 Å². The summed E-state index contributed by atoms with van der Waals surface area (Å²) < 4.78 is 0. The van der Waals surface area contributed by atoms with Crippen molar-refractivity contribution in [2.24, 2.45) is 0 Å². The summed E-state index contributed by atoms with van der Waals surface area (Å²) in [6.07, 6.45) is 11.1. The van der Waals surface area contributed by atoms with Crippen LogP contribution in [0.4, 0.5) is 0 Å². The predicted octanol–water partition coefficient (Wildman–Crippen LogP) is 5.06. The third kappa shape index (κ3) is 12.2.